The van der Waals surface area contributed by atoms with Crippen LogP contribution in [0.1, 0.15) is 25.0 Å². The topological polar surface area (TPSA) is 59.3 Å². The lowest BCUT2D eigenvalue weighted by Crippen LogP contribution is -2.38. The molecule has 0 spiro atoms. The fourth-order valence-corrected chi connectivity index (χ4v) is 1.92. The fourth-order valence-electron chi connectivity index (χ4n) is 1.92. The second-order valence-electron chi connectivity index (χ2n) is 4.58. The van der Waals surface area contributed by atoms with Gasteiger partial charge in [0, 0.05) is 19.6 Å². The Morgan fingerprint density at radius 1 is 1.26 bits per heavy atom. The summed E-state index contributed by atoms with van der Waals surface area (Å²) < 4.78 is 0. The van der Waals surface area contributed by atoms with E-state index in [-0.39, 0.29) is 6.10 Å². The molecule has 1 unspecified atom stereocenters. The number of likely N-dealkylation sites (N-methyl/N-ethyl adjacent to an activating group) is 1. The summed E-state index contributed by atoms with van der Waals surface area (Å²) in [6, 6.07) is 9.58. The number of aliphatic hydroxyl groups excluding tert-OH is 1. The zero-order valence-electron chi connectivity index (χ0n) is 11.8. The Hall–Kier alpha value is -1.41. The Morgan fingerprint density at radius 2 is 1.89 bits per heavy atom. The summed E-state index contributed by atoms with van der Waals surface area (Å²) >= 11 is 0. The van der Waals surface area contributed by atoms with Crippen molar-refractivity contribution < 1.29 is 5.11 Å². The van der Waals surface area contributed by atoms with Crippen molar-refractivity contribution in [2.24, 2.45) is 0 Å². The van der Waals surface area contributed by atoms with Gasteiger partial charge in [-0.2, -0.15) is 5.26 Å². The van der Waals surface area contributed by atoms with Crippen molar-refractivity contribution in [2.45, 2.75) is 26.5 Å². The van der Waals surface area contributed by atoms with Gasteiger partial charge in [0.25, 0.3) is 0 Å². The number of nitriles is 1. The molecule has 0 radical (unpaired) electrons. The van der Waals surface area contributed by atoms with Gasteiger partial charge in [-0.15, -0.1) is 0 Å². The van der Waals surface area contributed by atoms with Crippen molar-refractivity contribution in [3.05, 3.63) is 35.4 Å². The first kappa shape index (κ1) is 15.6. The molecule has 0 saturated carbocycles. The third-order valence-corrected chi connectivity index (χ3v) is 3.16. The average Bonchev–Trinajstić information content (AvgIpc) is 2.45. The van der Waals surface area contributed by atoms with Gasteiger partial charge < -0.3 is 15.3 Å². The maximum Gasteiger partial charge on any atom is 0.0991 e. The van der Waals surface area contributed by atoms with Crippen LogP contribution in [-0.4, -0.2) is 42.3 Å². The molecule has 4 heteroatoms. The zero-order chi connectivity index (χ0) is 14.1. The van der Waals surface area contributed by atoms with Gasteiger partial charge in [-0.3, -0.25) is 0 Å². The quantitative estimate of drug-likeness (QED) is 0.741. The lowest BCUT2D eigenvalue weighted by Gasteiger charge is -2.22. The molecule has 19 heavy (non-hydrogen) atoms. The van der Waals surface area contributed by atoms with Gasteiger partial charge in [0.15, 0.2) is 0 Å². The number of hydrogen-bond acceptors (Lipinski definition) is 4. The first-order chi connectivity index (χ1) is 9.19. The fraction of sp³-hybridized carbons (Fsp3) is 0.533. The number of benzene rings is 1. The van der Waals surface area contributed by atoms with E-state index in [9.17, 15) is 5.11 Å². The molecule has 0 aliphatic carbocycles. The monoisotopic (exact) mass is 261 g/mol. The third kappa shape index (κ3) is 5.84. The first-order valence-electron chi connectivity index (χ1n) is 6.79. The third-order valence-electron chi connectivity index (χ3n) is 3.16. The SMILES string of the molecule is CCN(CC)CC(O)CNCc1ccc(C#N)cc1. The minimum atomic E-state index is -0.349. The van der Waals surface area contributed by atoms with Crippen molar-refractivity contribution in [3.8, 4) is 6.07 Å². The lowest BCUT2D eigenvalue weighted by molar-refractivity contribution is 0.116. The second-order valence-corrected chi connectivity index (χ2v) is 4.58. The zero-order valence-corrected chi connectivity index (χ0v) is 11.8. The number of aliphatic hydroxyl groups is 1. The van der Waals surface area contributed by atoms with Crippen LogP contribution in [0.3, 0.4) is 0 Å². The van der Waals surface area contributed by atoms with Crippen molar-refractivity contribution in [1.82, 2.24) is 10.2 Å². The standard InChI is InChI=1S/C15H23N3O/c1-3-18(4-2)12-15(19)11-17-10-14-7-5-13(9-16)6-8-14/h5-8,15,17,19H,3-4,10-12H2,1-2H3. The van der Waals surface area contributed by atoms with E-state index in [0.717, 1.165) is 18.7 Å². The molecule has 2 N–H and O–H groups in total. The molecule has 0 aliphatic rings. The molecule has 1 atom stereocenters. The van der Waals surface area contributed by atoms with E-state index < -0.39 is 0 Å². The Bertz CT molecular complexity index is 393. The number of nitrogens with zero attached hydrogens (tertiary/aromatic N) is 2. The maximum atomic E-state index is 9.89. The predicted molar refractivity (Wildman–Crippen MR) is 76.7 cm³/mol. The normalized spacial score (nSPS) is 12.4. The number of rotatable bonds is 8. The predicted octanol–water partition coefficient (Wildman–Crippen LogP) is 1.35. The van der Waals surface area contributed by atoms with Crippen LogP contribution in [0.2, 0.25) is 0 Å². The highest BCUT2D eigenvalue weighted by Crippen LogP contribution is 2.02. The van der Waals surface area contributed by atoms with E-state index in [1.54, 1.807) is 0 Å². The summed E-state index contributed by atoms with van der Waals surface area (Å²) in [7, 11) is 0. The summed E-state index contributed by atoms with van der Waals surface area (Å²) in [6.45, 7) is 8.11. The van der Waals surface area contributed by atoms with Gasteiger partial charge in [-0.05, 0) is 30.8 Å². The molecule has 0 bridgehead atoms. The van der Waals surface area contributed by atoms with E-state index in [1.165, 1.54) is 0 Å². The smallest absolute Gasteiger partial charge is 0.0991 e. The van der Waals surface area contributed by atoms with Crippen LogP contribution in [0.15, 0.2) is 24.3 Å². The Morgan fingerprint density at radius 3 is 2.42 bits per heavy atom. The first-order valence-corrected chi connectivity index (χ1v) is 6.79. The highest BCUT2D eigenvalue weighted by Gasteiger charge is 2.08. The summed E-state index contributed by atoms with van der Waals surface area (Å²) in [4.78, 5) is 2.20. The Balaban J connectivity index is 2.27. The Kier molecular flexibility index (Phi) is 7.12. The molecule has 1 aromatic rings. The van der Waals surface area contributed by atoms with Crippen LogP contribution >= 0.6 is 0 Å². The summed E-state index contributed by atoms with van der Waals surface area (Å²) in [5.41, 5.74) is 1.79. The van der Waals surface area contributed by atoms with E-state index >= 15 is 0 Å². The molecule has 0 aromatic heterocycles. The van der Waals surface area contributed by atoms with Crippen LogP contribution in [-0.2, 0) is 6.54 Å². The largest absolute Gasteiger partial charge is 0.390 e. The highest BCUT2D eigenvalue weighted by molar-refractivity contribution is 5.31. The van der Waals surface area contributed by atoms with Gasteiger partial charge in [-0.1, -0.05) is 26.0 Å². The van der Waals surface area contributed by atoms with Gasteiger partial charge in [0.1, 0.15) is 0 Å². The van der Waals surface area contributed by atoms with Gasteiger partial charge in [0.2, 0.25) is 0 Å². The van der Waals surface area contributed by atoms with Crippen LogP contribution in [0.25, 0.3) is 0 Å². The van der Waals surface area contributed by atoms with Crippen molar-refractivity contribution in [2.75, 3.05) is 26.2 Å². The van der Waals surface area contributed by atoms with Crippen molar-refractivity contribution in [3.63, 3.8) is 0 Å². The summed E-state index contributed by atoms with van der Waals surface area (Å²) in [6.07, 6.45) is -0.349. The van der Waals surface area contributed by atoms with E-state index in [4.69, 9.17) is 5.26 Å². The Labute approximate surface area is 115 Å². The molecule has 0 saturated heterocycles. The van der Waals surface area contributed by atoms with Crippen LogP contribution in [0.5, 0.6) is 0 Å². The molecular weight excluding hydrogens is 238 g/mol. The van der Waals surface area contributed by atoms with Crippen molar-refractivity contribution in [1.29, 1.82) is 5.26 Å². The molecule has 4 nitrogen and oxygen atoms in total. The number of nitrogens with one attached hydrogen (secondary N) is 1. The molecule has 1 rings (SSSR count). The minimum absolute atomic E-state index is 0.349. The highest BCUT2D eigenvalue weighted by atomic mass is 16.3. The lowest BCUT2D eigenvalue weighted by atomic mass is 10.1. The van der Waals surface area contributed by atoms with Crippen LogP contribution < -0.4 is 5.32 Å². The van der Waals surface area contributed by atoms with Gasteiger partial charge >= 0.3 is 0 Å². The minimum Gasteiger partial charge on any atom is -0.390 e. The van der Waals surface area contributed by atoms with Crippen LogP contribution in [0.4, 0.5) is 0 Å². The van der Waals surface area contributed by atoms with E-state index in [2.05, 4.69) is 30.1 Å². The second kappa shape index (κ2) is 8.65. The molecular formula is C15H23N3O. The average molecular weight is 261 g/mol. The van der Waals surface area contributed by atoms with E-state index in [1.807, 2.05) is 24.3 Å². The van der Waals surface area contributed by atoms with Crippen molar-refractivity contribution >= 4 is 0 Å². The van der Waals surface area contributed by atoms with Crippen LogP contribution in [0, 0.1) is 11.3 Å². The molecule has 104 valence electrons. The molecule has 0 heterocycles. The molecule has 0 amide bonds. The summed E-state index contributed by atoms with van der Waals surface area (Å²) in [5.74, 6) is 0. The van der Waals surface area contributed by atoms with E-state index in [0.29, 0.717) is 25.2 Å². The molecule has 1 aromatic carbocycles. The van der Waals surface area contributed by atoms with Gasteiger partial charge in [-0.25, -0.2) is 0 Å². The summed E-state index contributed by atoms with van der Waals surface area (Å²) in [5, 5.41) is 21.8. The maximum absolute atomic E-state index is 9.89. The van der Waals surface area contributed by atoms with Gasteiger partial charge in [0.05, 0.1) is 17.7 Å². The molecule has 0 aliphatic heterocycles. The number of hydrogen-bond donors (Lipinski definition) is 2. The molecule has 0 fully saturated rings.